The van der Waals surface area contributed by atoms with E-state index in [2.05, 4.69) is 9.46 Å². The molecule has 19 heavy (non-hydrogen) atoms. The lowest BCUT2D eigenvalue weighted by Gasteiger charge is -2.30. The third kappa shape index (κ3) is 4.69. The molecular formula is C10H20N2O6S. The first-order valence-electron chi connectivity index (χ1n) is 6.02. The van der Waals surface area contributed by atoms with E-state index in [4.69, 9.17) is 10.2 Å². The zero-order valence-corrected chi connectivity index (χ0v) is 11.6. The number of hydrogen-bond acceptors (Lipinski definition) is 6. The Morgan fingerprint density at radius 2 is 2.05 bits per heavy atom. The Morgan fingerprint density at radius 1 is 1.47 bits per heavy atom. The summed E-state index contributed by atoms with van der Waals surface area (Å²) in [7, 11) is -2.38. The summed E-state index contributed by atoms with van der Waals surface area (Å²) in [6.45, 7) is -0.294. The van der Waals surface area contributed by atoms with Crippen LogP contribution >= 0.6 is 0 Å². The predicted molar refractivity (Wildman–Crippen MR) is 66.3 cm³/mol. The molecule has 9 heteroatoms. The number of methoxy groups -OCH3 is 1. The first-order valence-corrected chi connectivity index (χ1v) is 7.46. The minimum Gasteiger partial charge on any atom is -0.469 e. The van der Waals surface area contributed by atoms with E-state index in [1.165, 1.54) is 11.4 Å². The van der Waals surface area contributed by atoms with Crippen molar-refractivity contribution in [2.24, 2.45) is 5.92 Å². The van der Waals surface area contributed by atoms with Gasteiger partial charge in [0.2, 0.25) is 0 Å². The number of ether oxygens (including phenoxy) is 1. The highest BCUT2D eigenvalue weighted by Gasteiger charge is 2.31. The van der Waals surface area contributed by atoms with Crippen LogP contribution in [0.25, 0.3) is 0 Å². The number of esters is 1. The predicted octanol–water partition coefficient (Wildman–Crippen LogP) is -1.94. The molecule has 1 aliphatic heterocycles. The molecule has 1 heterocycles. The van der Waals surface area contributed by atoms with Gasteiger partial charge in [0, 0.05) is 19.6 Å². The third-order valence-corrected chi connectivity index (χ3v) is 4.62. The van der Waals surface area contributed by atoms with Crippen LogP contribution in [-0.4, -0.2) is 68.4 Å². The Kier molecular flexibility index (Phi) is 6.14. The standard InChI is InChI=1S/C10H20N2O6S/c1-18-10(15)8-2-4-12(5-3-8)19(16,17)11-6-9(14)7-13/h8-9,11,13-14H,2-7H2,1H3. The topological polar surface area (TPSA) is 116 Å². The Labute approximate surface area is 112 Å². The van der Waals surface area contributed by atoms with Crippen molar-refractivity contribution < 1.29 is 28.2 Å². The molecule has 0 aromatic rings. The molecule has 8 nitrogen and oxygen atoms in total. The molecule has 0 radical (unpaired) electrons. The van der Waals surface area contributed by atoms with E-state index < -0.39 is 22.9 Å². The van der Waals surface area contributed by atoms with E-state index in [1.54, 1.807) is 0 Å². The number of aliphatic hydroxyl groups is 2. The fraction of sp³-hybridized carbons (Fsp3) is 0.900. The Balaban J connectivity index is 2.47. The summed E-state index contributed by atoms with van der Waals surface area (Å²) in [5, 5.41) is 17.7. The van der Waals surface area contributed by atoms with Crippen LogP contribution in [0.4, 0.5) is 0 Å². The van der Waals surface area contributed by atoms with E-state index in [0.717, 1.165) is 0 Å². The molecule has 112 valence electrons. The van der Waals surface area contributed by atoms with E-state index in [9.17, 15) is 13.2 Å². The lowest BCUT2D eigenvalue weighted by molar-refractivity contribution is -0.146. The van der Waals surface area contributed by atoms with Gasteiger partial charge in [-0.15, -0.1) is 0 Å². The summed E-state index contributed by atoms with van der Waals surface area (Å²) in [6, 6.07) is 0. The normalized spacial score (nSPS) is 20.2. The number of aliphatic hydroxyl groups excluding tert-OH is 2. The molecule has 1 saturated heterocycles. The van der Waals surface area contributed by atoms with Gasteiger partial charge in [-0.25, -0.2) is 0 Å². The number of nitrogens with zero attached hydrogens (tertiary/aromatic N) is 1. The maximum Gasteiger partial charge on any atom is 0.308 e. The molecule has 1 fully saturated rings. The summed E-state index contributed by atoms with van der Waals surface area (Å²) in [4.78, 5) is 11.3. The monoisotopic (exact) mass is 296 g/mol. The molecule has 0 bridgehead atoms. The lowest BCUT2D eigenvalue weighted by Crippen LogP contribution is -2.48. The Morgan fingerprint density at radius 3 is 2.53 bits per heavy atom. The number of piperidine rings is 1. The smallest absolute Gasteiger partial charge is 0.308 e. The SMILES string of the molecule is COC(=O)C1CCN(S(=O)(=O)NCC(O)CO)CC1. The van der Waals surface area contributed by atoms with Crippen molar-refractivity contribution in [3.05, 3.63) is 0 Å². The lowest BCUT2D eigenvalue weighted by atomic mass is 9.99. The van der Waals surface area contributed by atoms with Crippen LogP contribution in [0.5, 0.6) is 0 Å². The van der Waals surface area contributed by atoms with Gasteiger partial charge >= 0.3 is 5.97 Å². The van der Waals surface area contributed by atoms with Crippen molar-refractivity contribution in [3.8, 4) is 0 Å². The highest BCUT2D eigenvalue weighted by Crippen LogP contribution is 2.20. The average molecular weight is 296 g/mol. The largest absolute Gasteiger partial charge is 0.469 e. The van der Waals surface area contributed by atoms with E-state index in [0.29, 0.717) is 12.8 Å². The molecule has 0 aromatic heterocycles. The van der Waals surface area contributed by atoms with E-state index in [1.807, 2.05) is 0 Å². The zero-order chi connectivity index (χ0) is 14.5. The first-order chi connectivity index (χ1) is 8.90. The summed E-state index contributed by atoms with van der Waals surface area (Å²) in [6.07, 6.45) is -0.297. The van der Waals surface area contributed by atoms with E-state index >= 15 is 0 Å². The second-order valence-electron chi connectivity index (χ2n) is 4.39. The van der Waals surface area contributed by atoms with Gasteiger partial charge in [0.15, 0.2) is 0 Å². The number of nitrogens with one attached hydrogen (secondary N) is 1. The van der Waals surface area contributed by atoms with Crippen molar-refractivity contribution in [1.29, 1.82) is 0 Å². The van der Waals surface area contributed by atoms with Gasteiger partial charge in [-0.2, -0.15) is 17.4 Å². The van der Waals surface area contributed by atoms with Crippen LogP contribution in [0, 0.1) is 5.92 Å². The molecule has 1 rings (SSSR count). The van der Waals surface area contributed by atoms with Gasteiger partial charge in [0.05, 0.1) is 25.7 Å². The second kappa shape index (κ2) is 7.15. The van der Waals surface area contributed by atoms with Crippen LogP contribution in [-0.2, 0) is 19.7 Å². The van der Waals surface area contributed by atoms with Crippen molar-refractivity contribution in [2.75, 3.05) is 33.4 Å². The molecule has 1 atom stereocenters. The molecule has 0 aromatic carbocycles. The minimum absolute atomic E-state index is 0.227. The molecule has 0 amide bonds. The highest BCUT2D eigenvalue weighted by molar-refractivity contribution is 7.87. The second-order valence-corrected chi connectivity index (χ2v) is 6.14. The highest BCUT2D eigenvalue weighted by atomic mass is 32.2. The number of rotatable bonds is 6. The van der Waals surface area contributed by atoms with Gasteiger partial charge < -0.3 is 14.9 Å². The maximum absolute atomic E-state index is 11.9. The first kappa shape index (κ1) is 16.3. The fourth-order valence-electron chi connectivity index (χ4n) is 1.86. The van der Waals surface area contributed by atoms with Crippen LogP contribution in [0.15, 0.2) is 0 Å². The minimum atomic E-state index is -3.68. The number of carbonyl (C=O) groups excluding carboxylic acids is 1. The summed E-state index contributed by atoms with van der Waals surface area (Å²) in [5.74, 6) is -0.583. The van der Waals surface area contributed by atoms with Gasteiger partial charge in [-0.3, -0.25) is 4.79 Å². The summed E-state index contributed by atoms with van der Waals surface area (Å²) in [5.41, 5.74) is 0. The van der Waals surface area contributed by atoms with Crippen molar-refractivity contribution in [3.63, 3.8) is 0 Å². The molecule has 0 saturated carbocycles. The van der Waals surface area contributed by atoms with Crippen LogP contribution in [0.2, 0.25) is 0 Å². The van der Waals surface area contributed by atoms with Crippen LogP contribution < -0.4 is 4.72 Å². The summed E-state index contributed by atoms with van der Waals surface area (Å²) < 4.78 is 31.8. The zero-order valence-electron chi connectivity index (χ0n) is 10.8. The summed E-state index contributed by atoms with van der Waals surface area (Å²) >= 11 is 0. The third-order valence-electron chi connectivity index (χ3n) is 3.04. The van der Waals surface area contributed by atoms with Gasteiger partial charge in [-0.1, -0.05) is 0 Å². The van der Waals surface area contributed by atoms with Gasteiger partial charge in [-0.05, 0) is 12.8 Å². The number of carbonyl (C=O) groups is 1. The van der Waals surface area contributed by atoms with Gasteiger partial charge in [0.25, 0.3) is 10.2 Å². The molecule has 1 unspecified atom stereocenters. The Hall–Kier alpha value is -0.740. The van der Waals surface area contributed by atoms with Crippen LogP contribution in [0.1, 0.15) is 12.8 Å². The van der Waals surface area contributed by atoms with Crippen molar-refractivity contribution >= 4 is 16.2 Å². The molecule has 3 N–H and O–H groups in total. The van der Waals surface area contributed by atoms with Crippen LogP contribution in [0.3, 0.4) is 0 Å². The quantitative estimate of drug-likeness (QED) is 0.491. The molecule has 1 aliphatic rings. The molecule has 0 spiro atoms. The molecule has 0 aliphatic carbocycles. The van der Waals surface area contributed by atoms with E-state index in [-0.39, 0.29) is 31.5 Å². The number of hydrogen-bond donors (Lipinski definition) is 3. The maximum atomic E-state index is 11.9. The Bertz CT molecular complexity index is 391. The van der Waals surface area contributed by atoms with Crippen molar-refractivity contribution in [1.82, 2.24) is 9.03 Å². The average Bonchev–Trinajstić information content (AvgIpc) is 2.44. The van der Waals surface area contributed by atoms with Gasteiger partial charge in [0.1, 0.15) is 0 Å². The molecular weight excluding hydrogens is 276 g/mol. The van der Waals surface area contributed by atoms with Crippen molar-refractivity contribution in [2.45, 2.75) is 18.9 Å². The fourth-order valence-corrected chi connectivity index (χ4v) is 3.13.